The lowest BCUT2D eigenvalue weighted by molar-refractivity contribution is 0.583. The molecular weight excluding hydrogens is 1730 g/mol. The van der Waals surface area contributed by atoms with Crippen molar-refractivity contribution in [3.63, 3.8) is 0 Å². The zero-order valence-corrected chi connectivity index (χ0v) is 76.2. The van der Waals surface area contributed by atoms with E-state index in [2.05, 4.69) is 252 Å². The summed E-state index contributed by atoms with van der Waals surface area (Å²) >= 11 is 0. The zero-order valence-electron chi connectivity index (χ0n) is 76.2. The highest BCUT2D eigenvalue weighted by Crippen LogP contribution is 2.54. The van der Waals surface area contributed by atoms with Gasteiger partial charge in [-0.3, -0.25) is 0 Å². The summed E-state index contributed by atoms with van der Waals surface area (Å²) in [6.45, 7) is 4.01. The second kappa shape index (κ2) is 36.7. The van der Waals surface area contributed by atoms with Crippen LogP contribution >= 0.6 is 0 Å². The van der Waals surface area contributed by atoms with Gasteiger partial charge in [0.1, 0.15) is 34.9 Å². The van der Waals surface area contributed by atoms with E-state index in [0.29, 0.717) is 45.5 Å². The van der Waals surface area contributed by atoms with Crippen molar-refractivity contribution in [2.24, 2.45) is 0 Å². The van der Waals surface area contributed by atoms with Gasteiger partial charge in [-0.1, -0.05) is 328 Å². The molecule has 0 heterocycles. The molecular formula is C130H86F6N4. The lowest BCUT2D eigenvalue weighted by atomic mass is 9.91. The first-order valence-electron chi connectivity index (χ1n) is 46.8. The normalized spacial score (nSPS) is 11.4. The molecule has 0 saturated carbocycles. The Labute approximate surface area is 807 Å². The summed E-state index contributed by atoms with van der Waals surface area (Å²) in [6, 6.07) is 159. The van der Waals surface area contributed by atoms with Gasteiger partial charge in [-0.2, -0.15) is 0 Å². The Bertz CT molecular complexity index is 7990. The molecule has 0 amide bonds. The van der Waals surface area contributed by atoms with Crippen molar-refractivity contribution >= 4 is 133 Å². The SMILES string of the molecule is Cc1ccc(F)c(N(c2cc(-c3ccccc3)cc(-c3ccccc3)c2)c2ccc3ccc4c(N(c5cc(-c6ccccc6)cc(-c6ccccc6)c5)c5cc(C)ccc5F)ccc5ccc2c3c54)c1.Fc1cc(F)cc(N(c2cc(-c3ccccc3)cc(-c3ccccc3)c2)c2ccc3ccc4c(N(c5cc(F)cc(F)c5)c5cc(-c6ccccc6)cc(-c6ccccc6)c5)ccc5ccc2c3c54)c1. The molecule has 668 valence electrons. The molecule has 0 saturated heterocycles. The minimum atomic E-state index is -0.703. The molecule has 0 spiro atoms. The van der Waals surface area contributed by atoms with E-state index in [-0.39, 0.29) is 11.6 Å². The highest BCUT2D eigenvalue weighted by Gasteiger charge is 2.30. The molecule has 24 rings (SSSR count). The Kier molecular flexibility index (Phi) is 22.6. The second-order valence-corrected chi connectivity index (χ2v) is 35.7. The smallest absolute Gasteiger partial charge is 0.147 e. The molecule has 0 atom stereocenters. The minimum Gasteiger partial charge on any atom is -0.310 e. The third-order valence-corrected chi connectivity index (χ3v) is 26.7. The van der Waals surface area contributed by atoms with Crippen molar-refractivity contribution < 1.29 is 26.3 Å². The number of nitrogens with zero attached hydrogens (tertiary/aromatic N) is 4. The molecule has 0 radical (unpaired) electrons. The molecule has 0 aliphatic rings. The number of hydrogen-bond acceptors (Lipinski definition) is 4. The summed E-state index contributed by atoms with van der Waals surface area (Å²) < 4.78 is 95.6. The molecule has 0 fully saturated rings. The lowest BCUT2D eigenvalue weighted by Gasteiger charge is -2.30. The van der Waals surface area contributed by atoms with Gasteiger partial charge in [0.25, 0.3) is 0 Å². The summed E-state index contributed by atoms with van der Waals surface area (Å²) in [5.74, 6) is -3.46. The van der Waals surface area contributed by atoms with E-state index in [0.717, 1.165) is 200 Å². The van der Waals surface area contributed by atoms with E-state index in [4.69, 9.17) is 0 Å². The summed E-state index contributed by atoms with van der Waals surface area (Å²) in [5, 5.41) is 11.5. The number of anilines is 12. The minimum absolute atomic E-state index is 0.310. The molecule has 10 heteroatoms. The van der Waals surface area contributed by atoms with Gasteiger partial charge in [0, 0.05) is 56.4 Å². The predicted octanol–water partition coefficient (Wildman–Crippen LogP) is 37.8. The Balaban J connectivity index is 0.000000156. The molecule has 140 heavy (non-hydrogen) atoms. The highest BCUT2D eigenvalue weighted by atomic mass is 19.2. The van der Waals surface area contributed by atoms with Crippen LogP contribution in [0.1, 0.15) is 11.1 Å². The van der Waals surface area contributed by atoms with Crippen molar-refractivity contribution in [2.45, 2.75) is 13.8 Å². The topological polar surface area (TPSA) is 13.0 Å². The van der Waals surface area contributed by atoms with Crippen molar-refractivity contribution in [3.05, 3.63) is 531 Å². The fourth-order valence-corrected chi connectivity index (χ4v) is 20.3. The van der Waals surface area contributed by atoms with Crippen LogP contribution in [0.2, 0.25) is 0 Å². The lowest BCUT2D eigenvalue weighted by Crippen LogP contribution is -2.14. The van der Waals surface area contributed by atoms with Crippen molar-refractivity contribution in [2.75, 3.05) is 19.6 Å². The van der Waals surface area contributed by atoms with Crippen LogP contribution in [0.5, 0.6) is 0 Å². The average Bonchev–Trinajstić information content (AvgIpc) is 0.719. The summed E-state index contributed by atoms with van der Waals surface area (Å²) in [4.78, 5) is 8.03. The van der Waals surface area contributed by atoms with Crippen molar-refractivity contribution in [1.82, 2.24) is 0 Å². The summed E-state index contributed by atoms with van der Waals surface area (Å²) in [5.41, 5.74) is 25.6. The standard InChI is InChI=1S/C66H46F2N2.C64H40F4N2/c1-43-23-31-59(67)63(35-43)69(55-39-51(45-15-7-3-8-16-45)37-52(40-55)46-17-9-4-10-18-46)61-33-27-49-26-30-58-62(34-28-50-25-29-57(61)65(49)66(50)58)70(64-36-44(2)24-32-60(64)68)56-41-53(47-19-11-5-12-20-47)38-54(42-56)48-21-13-6-14-22-48;65-51-35-52(66)38-57(37-51)69(55-31-47(41-13-5-1-6-14-41)29-48(32-55)42-15-7-2-8-16-42)61-27-23-45-22-26-60-62(28-24-46-21-25-59(61)63(45)64(46)60)70(58-39-53(67)36-54(68)40-58)56-33-49(43-17-9-3-10-18-43)30-50(34-56)44-19-11-4-12-20-44/h3-42H,1-2H3;1-40H. The highest BCUT2D eigenvalue weighted by molar-refractivity contribution is 6.30. The van der Waals surface area contributed by atoms with Crippen LogP contribution in [0.15, 0.2) is 485 Å². The monoisotopic (exact) mass is 1820 g/mol. The van der Waals surface area contributed by atoms with Crippen LogP contribution in [-0.4, -0.2) is 0 Å². The Morgan fingerprint density at radius 2 is 0.329 bits per heavy atom. The Hall–Kier alpha value is -17.9. The van der Waals surface area contributed by atoms with Gasteiger partial charge < -0.3 is 19.6 Å². The fourth-order valence-electron chi connectivity index (χ4n) is 20.3. The van der Waals surface area contributed by atoms with Gasteiger partial charge in [-0.15, -0.1) is 0 Å². The maximum atomic E-state index is 16.8. The number of hydrogen-bond donors (Lipinski definition) is 0. The number of aryl methyl sites for hydroxylation is 2. The molecule has 0 bridgehead atoms. The van der Waals surface area contributed by atoms with E-state index >= 15 is 26.3 Å². The summed E-state index contributed by atoms with van der Waals surface area (Å²) in [7, 11) is 0. The molecule has 0 aliphatic carbocycles. The van der Waals surface area contributed by atoms with Gasteiger partial charge in [-0.05, 0) is 303 Å². The van der Waals surface area contributed by atoms with Crippen molar-refractivity contribution in [1.29, 1.82) is 0 Å². The largest absolute Gasteiger partial charge is 0.310 e. The van der Waals surface area contributed by atoms with Gasteiger partial charge in [0.15, 0.2) is 0 Å². The van der Waals surface area contributed by atoms with E-state index < -0.39 is 23.3 Å². The molecule has 4 nitrogen and oxygen atoms in total. The number of rotatable bonds is 20. The number of halogens is 6. The second-order valence-electron chi connectivity index (χ2n) is 35.7. The third kappa shape index (κ3) is 16.6. The molecule has 0 aromatic heterocycles. The first-order valence-corrected chi connectivity index (χ1v) is 46.8. The maximum Gasteiger partial charge on any atom is 0.147 e. The van der Waals surface area contributed by atoms with E-state index in [1.165, 1.54) is 24.3 Å². The molecule has 24 aromatic carbocycles. The van der Waals surface area contributed by atoms with Gasteiger partial charge in [-0.25, -0.2) is 26.3 Å². The van der Waals surface area contributed by atoms with Crippen LogP contribution < -0.4 is 19.6 Å². The first kappa shape index (κ1) is 86.3. The molecule has 0 aliphatic heterocycles. The quantitative estimate of drug-likeness (QED) is 0.0557. The third-order valence-electron chi connectivity index (χ3n) is 26.7. The van der Waals surface area contributed by atoms with E-state index in [9.17, 15) is 0 Å². The van der Waals surface area contributed by atoms with E-state index in [1.807, 2.05) is 218 Å². The van der Waals surface area contributed by atoms with Crippen molar-refractivity contribution in [3.8, 4) is 89.0 Å². The maximum absolute atomic E-state index is 16.8. The van der Waals surface area contributed by atoms with Crippen LogP contribution in [-0.2, 0) is 0 Å². The van der Waals surface area contributed by atoms with Gasteiger partial charge in [0.05, 0.1) is 45.5 Å². The van der Waals surface area contributed by atoms with Crippen LogP contribution in [0.25, 0.3) is 154 Å². The zero-order chi connectivity index (χ0) is 94.6. The predicted molar refractivity (Wildman–Crippen MR) is 572 cm³/mol. The van der Waals surface area contributed by atoms with Gasteiger partial charge >= 0.3 is 0 Å². The average molecular weight is 1820 g/mol. The summed E-state index contributed by atoms with van der Waals surface area (Å²) in [6.07, 6.45) is 0. The first-order chi connectivity index (χ1) is 68.6. The Morgan fingerprint density at radius 3 is 0.543 bits per heavy atom. The van der Waals surface area contributed by atoms with Crippen LogP contribution in [0.3, 0.4) is 0 Å². The fraction of sp³-hybridized carbons (Fsp3) is 0.0154. The molecule has 24 aromatic rings. The number of benzene rings is 24. The van der Waals surface area contributed by atoms with Gasteiger partial charge in [0.2, 0.25) is 0 Å². The molecule has 0 N–H and O–H groups in total. The molecule has 0 unspecified atom stereocenters. The van der Waals surface area contributed by atoms with Crippen LogP contribution in [0, 0.1) is 48.8 Å². The Morgan fingerprint density at radius 1 is 0.143 bits per heavy atom. The van der Waals surface area contributed by atoms with Crippen LogP contribution in [0.4, 0.5) is 94.6 Å². The van der Waals surface area contributed by atoms with E-state index in [1.54, 1.807) is 12.1 Å².